The minimum Gasteiger partial charge on any atom is -0.355 e. The van der Waals surface area contributed by atoms with Crippen LogP contribution >= 0.6 is 11.3 Å². The lowest BCUT2D eigenvalue weighted by Crippen LogP contribution is -2.35. The molecule has 0 saturated heterocycles. The first kappa shape index (κ1) is 42.3. The maximum Gasteiger partial charge on any atom is 0.211 e. The lowest BCUT2D eigenvalue weighted by Gasteiger charge is -2.42. The predicted molar refractivity (Wildman–Crippen MR) is 292 cm³/mol. The van der Waals surface area contributed by atoms with Crippen molar-refractivity contribution in [1.29, 1.82) is 0 Å². The summed E-state index contributed by atoms with van der Waals surface area (Å²) in [5.41, 5.74) is 22.7. The van der Waals surface area contributed by atoms with Crippen molar-refractivity contribution in [2.24, 2.45) is 0 Å². The number of nitrogens with zero attached hydrogens (tertiary/aromatic N) is 2. The number of para-hydroxylation sites is 2. The van der Waals surface area contributed by atoms with Crippen LogP contribution in [0.15, 0.2) is 133 Å². The van der Waals surface area contributed by atoms with Gasteiger partial charge in [0.25, 0.3) is 0 Å². The van der Waals surface area contributed by atoms with E-state index in [1.165, 1.54) is 118 Å². The molecule has 67 heavy (non-hydrogen) atoms. The van der Waals surface area contributed by atoms with Crippen LogP contribution in [0.25, 0.3) is 48.7 Å². The largest absolute Gasteiger partial charge is 0.355 e. The predicted octanol–water partition coefficient (Wildman–Crippen LogP) is 15.9. The lowest BCUT2D eigenvalue weighted by molar-refractivity contribution is 0.332. The molecule has 2 aromatic heterocycles. The second-order valence-corrected chi connectivity index (χ2v) is 24.0. The summed E-state index contributed by atoms with van der Waals surface area (Å²) < 4.78 is 5.64. The van der Waals surface area contributed by atoms with Gasteiger partial charge in [-0.05, 0) is 184 Å². The molecule has 334 valence electrons. The monoisotopic (exact) mass is 891 g/mol. The molecule has 1 N–H and O–H groups in total. The molecular weight excluding hydrogens is 830 g/mol. The number of benzene rings is 7. The van der Waals surface area contributed by atoms with Crippen LogP contribution < -0.4 is 20.5 Å². The fourth-order valence-electron chi connectivity index (χ4n) is 12.3. The number of thiophene rings is 1. The van der Waals surface area contributed by atoms with Crippen LogP contribution in [-0.2, 0) is 21.7 Å². The third-order valence-corrected chi connectivity index (χ3v) is 17.6. The molecule has 0 atom stereocenters. The first-order chi connectivity index (χ1) is 32.0. The Morgan fingerprint density at radius 1 is 0.552 bits per heavy atom. The van der Waals surface area contributed by atoms with Crippen molar-refractivity contribution in [3.8, 4) is 16.8 Å². The molecule has 7 aromatic carbocycles. The van der Waals surface area contributed by atoms with E-state index in [4.69, 9.17) is 0 Å². The molecule has 9 aromatic rings. The molecule has 5 heteroatoms. The van der Waals surface area contributed by atoms with Crippen molar-refractivity contribution < 1.29 is 0 Å². The standard InChI is InChI=1S/C62H62BN3S/c1-37-21-23-39(24-22-37)64-51-26-25-42(65(40-17-13-11-14-18-40)41-19-15-12-16-20-41)32-43(51)44-31-38(2)54-45-33-47-49(61(7,8)29-27-59(47,3)4)35-52(45)66-56-46-34-48-50(62(9,10)30-28-60(48,5)6)36-53(46)67-58(56)63-55(44)57(54)66/h11-26,31-36,63-64H,27-30H2,1-10H3. The summed E-state index contributed by atoms with van der Waals surface area (Å²) in [7, 11) is 0.876. The Hall–Kier alpha value is -6.04. The maximum atomic E-state index is 3.94. The van der Waals surface area contributed by atoms with E-state index in [9.17, 15) is 0 Å². The lowest BCUT2D eigenvalue weighted by atomic mass is 9.62. The first-order valence-electron chi connectivity index (χ1n) is 24.6. The number of hydrogen-bond donors (Lipinski definition) is 1. The zero-order chi connectivity index (χ0) is 46.4. The molecule has 0 unspecified atom stereocenters. The minimum absolute atomic E-state index is 0.0854. The average Bonchev–Trinajstić information content (AvgIpc) is 3.85. The normalized spacial score (nSPS) is 17.2. The molecule has 3 aliphatic rings. The Balaban J connectivity index is 1.19. The van der Waals surface area contributed by atoms with Gasteiger partial charge in [-0.25, -0.2) is 0 Å². The van der Waals surface area contributed by atoms with E-state index in [2.05, 4.69) is 217 Å². The Morgan fingerprint density at radius 2 is 1.10 bits per heavy atom. The van der Waals surface area contributed by atoms with E-state index < -0.39 is 0 Å². The maximum absolute atomic E-state index is 3.94. The summed E-state index contributed by atoms with van der Waals surface area (Å²) in [6.07, 6.45) is 4.79. The highest BCUT2D eigenvalue weighted by atomic mass is 32.1. The summed E-state index contributed by atoms with van der Waals surface area (Å²) in [5.74, 6) is 0. The molecule has 3 nitrogen and oxygen atoms in total. The molecule has 0 bridgehead atoms. The van der Waals surface area contributed by atoms with Gasteiger partial charge in [0.1, 0.15) is 0 Å². The number of aromatic nitrogens is 1. The van der Waals surface area contributed by atoms with Crippen molar-refractivity contribution in [2.45, 2.75) is 117 Å². The fraction of sp³-hybridized carbons (Fsp3) is 0.290. The van der Waals surface area contributed by atoms with E-state index in [0.29, 0.717) is 0 Å². The SMILES string of the molecule is Cc1ccc(Nc2ccc(N(c3ccccc3)c3ccccc3)cc2-c2cc(C)c3c4cc5c(cc4n4c3c2Bc2sc3cc6c(cc3c2-4)C(C)(C)CCC6(C)C)C(C)(C)CCC5(C)C)cc1. The fourth-order valence-corrected chi connectivity index (χ4v) is 13.5. The first-order valence-corrected chi connectivity index (χ1v) is 25.5. The van der Waals surface area contributed by atoms with Crippen LogP contribution in [0.1, 0.15) is 114 Å². The smallest absolute Gasteiger partial charge is 0.211 e. The summed E-state index contributed by atoms with van der Waals surface area (Å²) in [6.45, 7) is 24.3. The molecule has 0 amide bonds. The van der Waals surface area contributed by atoms with Crippen molar-refractivity contribution in [3.05, 3.63) is 167 Å². The summed E-state index contributed by atoms with van der Waals surface area (Å²) in [5, 5.41) is 8.15. The highest BCUT2D eigenvalue weighted by Gasteiger charge is 2.41. The quantitative estimate of drug-likeness (QED) is 0.168. The van der Waals surface area contributed by atoms with Gasteiger partial charge in [0.2, 0.25) is 7.28 Å². The highest BCUT2D eigenvalue weighted by Crippen LogP contribution is 2.52. The van der Waals surface area contributed by atoms with Crippen molar-refractivity contribution in [3.63, 3.8) is 0 Å². The molecule has 3 heterocycles. The van der Waals surface area contributed by atoms with Gasteiger partial charge < -0.3 is 14.8 Å². The van der Waals surface area contributed by atoms with E-state index in [1.807, 2.05) is 11.3 Å². The molecule has 0 radical (unpaired) electrons. The third kappa shape index (κ3) is 6.58. The number of nitrogens with one attached hydrogen (secondary N) is 1. The van der Waals surface area contributed by atoms with Crippen LogP contribution in [0.2, 0.25) is 0 Å². The minimum atomic E-state index is 0.0854. The third-order valence-electron chi connectivity index (χ3n) is 16.5. The molecule has 0 saturated carbocycles. The van der Waals surface area contributed by atoms with E-state index in [0.717, 1.165) is 35.7 Å². The summed E-state index contributed by atoms with van der Waals surface area (Å²) >= 11 is 2.04. The molecular formula is C62H62BN3S. The van der Waals surface area contributed by atoms with Gasteiger partial charge in [-0.1, -0.05) is 116 Å². The van der Waals surface area contributed by atoms with E-state index in [-0.39, 0.29) is 21.7 Å². The number of rotatable bonds is 6. The van der Waals surface area contributed by atoms with Crippen LogP contribution in [-0.4, -0.2) is 11.8 Å². The Bertz CT molecular complexity index is 3440. The Morgan fingerprint density at radius 3 is 1.70 bits per heavy atom. The zero-order valence-corrected chi connectivity index (χ0v) is 41.9. The van der Waals surface area contributed by atoms with Crippen LogP contribution in [0.3, 0.4) is 0 Å². The highest BCUT2D eigenvalue weighted by molar-refractivity contribution is 7.29. The number of aryl methyl sites for hydroxylation is 2. The van der Waals surface area contributed by atoms with Crippen LogP contribution in [0.4, 0.5) is 28.4 Å². The molecule has 1 aliphatic heterocycles. The van der Waals surface area contributed by atoms with E-state index in [1.54, 1.807) is 0 Å². The summed E-state index contributed by atoms with van der Waals surface area (Å²) in [6, 6.07) is 50.6. The van der Waals surface area contributed by atoms with E-state index >= 15 is 0 Å². The molecule has 0 fully saturated rings. The van der Waals surface area contributed by atoms with Crippen LogP contribution in [0, 0.1) is 13.8 Å². The Kier molecular flexibility index (Phi) is 9.31. The van der Waals surface area contributed by atoms with Crippen molar-refractivity contribution in [1.82, 2.24) is 4.57 Å². The van der Waals surface area contributed by atoms with Crippen LogP contribution in [0.5, 0.6) is 0 Å². The number of hydrogen-bond acceptors (Lipinski definition) is 3. The topological polar surface area (TPSA) is 20.2 Å². The zero-order valence-electron chi connectivity index (χ0n) is 41.0. The number of fused-ring (bicyclic) bond motifs is 9. The van der Waals surface area contributed by atoms with Gasteiger partial charge in [0.15, 0.2) is 0 Å². The second kappa shape index (κ2) is 14.7. The van der Waals surface area contributed by atoms with Gasteiger partial charge in [0, 0.05) is 60.4 Å². The second-order valence-electron chi connectivity index (χ2n) is 22.9. The molecule has 2 aliphatic carbocycles. The number of anilines is 5. The van der Waals surface area contributed by atoms with Gasteiger partial charge in [-0.3, -0.25) is 0 Å². The summed E-state index contributed by atoms with van der Waals surface area (Å²) in [4.78, 5) is 2.40. The van der Waals surface area contributed by atoms with Crippen molar-refractivity contribution in [2.75, 3.05) is 10.2 Å². The van der Waals surface area contributed by atoms with Gasteiger partial charge in [-0.15, -0.1) is 11.3 Å². The Labute approximate surface area is 402 Å². The average molecular weight is 892 g/mol. The van der Waals surface area contributed by atoms with Gasteiger partial charge >= 0.3 is 0 Å². The van der Waals surface area contributed by atoms with Gasteiger partial charge in [-0.2, -0.15) is 0 Å². The molecule has 0 spiro atoms. The molecule has 12 rings (SSSR count). The van der Waals surface area contributed by atoms with Gasteiger partial charge in [0.05, 0.1) is 11.2 Å². The van der Waals surface area contributed by atoms with Crippen molar-refractivity contribution >= 4 is 89.2 Å².